The van der Waals surface area contributed by atoms with E-state index < -0.39 is 0 Å². The summed E-state index contributed by atoms with van der Waals surface area (Å²) in [5.74, 6) is 0. The van der Waals surface area contributed by atoms with Gasteiger partial charge in [0.2, 0.25) is 0 Å². The molecule has 0 saturated carbocycles. The summed E-state index contributed by atoms with van der Waals surface area (Å²) in [6.07, 6.45) is 0. The van der Waals surface area contributed by atoms with Gasteiger partial charge in [0, 0.05) is 9.86 Å². The number of pyridine rings is 1. The Morgan fingerprint density at radius 3 is 3.17 bits per heavy atom. The third-order valence-electron chi connectivity index (χ3n) is 1.62. The van der Waals surface area contributed by atoms with Crippen molar-refractivity contribution in [2.75, 3.05) is 0 Å². The molecule has 0 radical (unpaired) electrons. The molecule has 0 unspecified atom stereocenters. The molecule has 0 atom stereocenters. The summed E-state index contributed by atoms with van der Waals surface area (Å²) in [5.41, 5.74) is 0.699. The number of aliphatic hydroxyl groups is 1. The number of hydrogen-bond donors (Lipinski definition) is 1. The highest BCUT2D eigenvalue weighted by atomic mass is 79.9. The molecule has 62 valence electrons. The lowest BCUT2D eigenvalue weighted by atomic mass is 10.3. The summed E-state index contributed by atoms with van der Waals surface area (Å²) in [4.78, 5) is 5.25. The van der Waals surface area contributed by atoms with E-state index in [9.17, 15) is 0 Å². The van der Waals surface area contributed by atoms with Crippen LogP contribution in [0.15, 0.2) is 22.0 Å². The third kappa shape index (κ3) is 1.26. The molecule has 0 aliphatic carbocycles. The number of aromatic nitrogens is 1. The molecular weight excluding hydrogens is 238 g/mol. The maximum Gasteiger partial charge on any atom is 0.123 e. The van der Waals surface area contributed by atoms with Gasteiger partial charge in [-0.3, -0.25) is 0 Å². The van der Waals surface area contributed by atoms with Crippen LogP contribution < -0.4 is 0 Å². The van der Waals surface area contributed by atoms with Gasteiger partial charge in [-0.05, 0) is 33.4 Å². The number of aliphatic hydroxyl groups excluding tert-OH is 1. The van der Waals surface area contributed by atoms with E-state index in [0.717, 1.165) is 14.7 Å². The van der Waals surface area contributed by atoms with Crippen LogP contribution in [-0.4, -0.2) is 10.1 Å². The van der Waals surface area contributed by atoms with Crippen molar-refractivity contribution in [3.05, 3.63) is 27.7 Å². The van der Waals surface area contributed by atoms with Crippen molar-refractivity contribution in [2.45, 2.75) is 6.61 Å². The lowest BCUT2D eigenvalue weighted by Crippen LogP contribution is -1.89. The van der Waals surface area contributed by atoms with E-state index in [2.05, 4.69) is 20.9 Å². The first-order valence-corrected chi connectivity index (χ1v) is 5.12. The third-order valence-corrected chi connectivity index (χ3v) is 3.13. The zero-order chi connectivity index (χ0) is 8.55. The predicted octanol–water partition coefficient (Wildman–Crippen LogP) is 2.55. The Bertz CT molecular complexity index is 412. The minimum absolute atomic E-state index is 0.0194. The molecule has 4 heteroatoms. The Labute approximate surface area is 82.0 Å². The van der Waals surface area contributed by atoms with Crippen molar-refractivity contribution < 1.29 is 5.11 Å². The zero-order valence-corrected chi connectivity index (χ0v) is 8.52. The van der Waals surface area contributed by atoms with Gasteiger partial charge in [0.05, 0.1) is 12.3 Å². The summed E-state index contributed by atoms with van der Waals surface area (Å²) in [7, 11) is 0. The van der Waals surface area contributed by atoms with Gasteiger partial charge >= 0.3 is 0 Å². The first-order chi connectivity index (χ1) is 5.81. The molecule has 2 heterocycles. The number of hydrogen-bond acceptors (Lipinski definition) is 3. The van der Waals surface area contributed by atoms with Gasteiger partial charge in [0.15, 0.2) is 0 Å². The number of thiophene rings is 1. The number of halogens is 1. The van der Waals surface area contributed by atoms with Crippen LogP contribution in [0.1, 0.15) is 5.69 Å². The van der Waals surface area contributed by atoms with E-state index in [1.807, 2.05) is 17.5 Å². The average Bonchev–Trinajstić information content (AvgIpc) is 2.49. The van der Waals surface area contributed by atoms with E-state index in [-0.39, 0.29) is 6.61 Å². The Morgan fingerprint density at radius 1 is 1.58 bits per heavy atom. The van der Waals surface area contributed by atoms with Gasteiger partial charge in [-0.25, -0.2) is 4.98 Å². The first-order valence-electron chi connectivity index (χ1n) is 3.45. The molecule has 0 aromatic carbocycles. The van der Waals surface area contributed by atoms with Crippen LogP contribution in [0.5, 0.6) is 0 Å². The second-order valence-corrected chi connectivity index (χ2v) is 4.14. The fraction of sp³-hybridized carbons (Fsp3) is 0.125. The highest BCUT2D eigenvalue weighted by Gasteiger charge is 2.03. The van der Waals surface area contributed by atoms with Crippen molar-refractivity contribution in [1.29, 1.82) is 0 Å². The second kappa shape index (κ2) is 3.12. The minimum atomic E-state index is -0.0194. The van der Waals surface area contributed by atoms with Gasteiger partial charge in [-0.2, -0.15) is 0 Å². The fourth-order valence-electron chi connectivity index (χ4n) is 1.02. The molecule has 0 aliphatic heterocycles. The van der Waals surface area contributed by atoms with Crippen LogP contribution in [0.4, 0.5) is 0 Å². The van der Waals surface area contributed by atoms with Crippen molar-refractivity contribution in [1.82, 2.24) is 4.98 Å². The molecule has 1 N–H and O–H groups in total. The van der Waals surface area contributed by atoms with Crippen LogP contribution >= 0.6 is 27.3 Å². The standard InChI is InChI=1S/C8H6BrNOS/c9-6-3-5-1-2-12-8(5)10-7(6)4-11/h1-3,11H,4H2. The monoisotopic (exact) mass is 243 g/mol. The van der Waals surface area contributed by atoms with Gasteiger partial charge in [-0.1, -0.05) is 0 Å². The van der Waals surface area contributed by atoms with E-state index in [1.165, 1.54) is 0 Å². The molecule has 0 spiro atoms. The SMILES string of the molecule is OCc1nc2sccc2cc1Br. The maximum atomic E-state index is 8.93. The molecule has 0 saturated heterocycles. The molecule has 2 rings (SSSR count). The summed E-state index contributed by atoms with van der Waals surface area (Å²) < 4.78 is 0.871. The molecule has 2 aromatic heterocycles. The van der Waals surface area contributed by atoms with E-state index in [4.69, 9.17) is 5.11 Å². The van der Waals surface area contributed by atoms with Crippen molar-refractivity contribution in [2.24, 2.45) is 0 Å². The maximum absolute atomic E-state index is 8.93. The summed E-state index contributed by atoms with van der Waals surface area (Å²) in [6.45, 7) is -0.0194. The molecule has 0 aliphatic rings. The summed E-state index contributed by atoms with van der Waals surface area (Å²) in [6, 6.07) is 3.99. The Balaban J connectivity index is 2.73. The van der Waals surface area contributed by atoms with Crippen LogP contribution in [0.2, 0.25) is 0 Å². The molecule has 12 heavy (non-hydrogen) atoms. The lowest BCUT2D eigenvalue weighted by Gasteiger charge is -1.98. The summed E-state index contributed by atoms with van der Waals surface area (Å²) in [5, 5.41) is 12.0. The van der Waals surface area contributed by atoms with Crippen LogP contribution in [0.25, 0.3) is 10.2 Å². The van der Waals surface area contributed by atoms with E-state index in [0.29, 0.717) is 5.69 Å². The largest absolute Gasteiger partial charge is 0.390 e. The number of fused-ring (bicyclic) bond motifs is 1. The highest BCUT2D eigenvalue weighted by Crippen LogP contribution is 2.24. The Hall–Kier alpha value is -0.450. The van der Waals surface area contributed by atoms with Crippen molar-refractivity contribution >= 4 is 37.5 Å². The molecule has 0 bridgehead atoms. The normalized spacial score (nSPS) is 10.8. The second-order valence-electron chi connectivity index (χ2n) is 2.39. The minimum Gasteiger partial charge on any atom is -0.390 e. The zero-order valence-electron chi connectivity index (χ0n) is 6.12. The van der Waals surface area contributed by atoms with Gasteiger partial charge in [0.1, 0.15) is 4.83 Å². The fourth-order valence-corrected chi connectivity index (χ4v) is 2.25. The highest BCUT2D eigenvalue weighted by molar-refractivity contribution is 9.10. The summed E-state index contributed by atoms with van der Waals surface area (Å²) >= 11 is 4.93. The first kappa shape index (κ1) is 8.16. The van der Waals surface area contributed by atoms with Gasteiger partial charge in [0.25, 0.3) is 0 Å². The smallest absolute Gasteiger partial charge is 0.123 e. The average molecular weight is 244 g/mol. The molecule has 0 fully saturated rings. The van der Waals surface area contributed by atoms with Gasteiger partial charge in [-0.15, -0.1) is 11.3 Å². The molecular formula is C8H6BrNOS. The van der Waals surface area contributed by atoms with Crippen LogP contribution in [0.3, 0.4) is 0 Å². The van der Waals surface area contributed by atoms with Crippen LogP contribution in [0, 0.1) is 0 Å². The molecule has 0 amide bonds. The van der Waals surface area contributed by atoms with Crippen molar-refractivity contribution in [3.8, 4) is 0 Å². The van der Waals surface area contributed by atoms with Crippen molar-refractivity contribution in [3.63, 3.8) is 0 Å². The number of nitrogens with zero attached hydrogens (tertiary/aromatic N) is 1. The predicted molar refractivity (Wildman–Crippen MR) is 53.2 cm³/mol. The van der Waals surface area contributed by atoms with E-state index in [1.54, 1.807) is 11.3 Å². The quantitative estimate of drug-likeness (QED) is 0.836. The van der Waals surface area contributed by atoms with Crippen LogP contribution in [-0.2, 0) is 6.61 Å². The van der Waals surface area contributed by atoms with Gasteiger partial charge < -0.3 is 5.11 Å². The molecule has 2 aromatic rings. The Morgan fingerprint density at radius 2 is 2.42 bits per heavy atom. The van der Waals surface area contributed by atoms with E-state index >= 15 is 0 Å². The lowest BCUT2D eigenvalue weighted by molar-refractivity contribution is 0.276. The number of rotatable bonds is 1. The topological polar surface area (TPSA) is 33.1 Å². The Kier molecular flexibility index (Phi) is 2.12. The molecule has 2 nitrogen and oxygen atoms in total.